The van der Waals surface area contributed by atoms with Crippen molar-refractivity contribution in [3.05, 3.63) is 64.7 Å². The van der Waals surface area contributed by atoms with Gasteiger partial charge in [-0.1, -0.05) is 30.3 Å². The number of halogens is 3. The molecule has 4 rings (SSSR count). The topological polar surface area (TPSA) is 35.9 Å². The molecule has 0 fully saturated rings. The summed E-state index contributed by atoms with van der Waals surface area (Å²) in [5.74, 6) is -0.167. The van der Waals surface area contributed by atoms with Gasteiger partial charge in [0, 0.05) is 32.7 Å². The minimum Gasteiger partial charge on any atom is -0.406 e. The lowest BCUT2D eigenvalue weighted by Gasteiger charge is -2.32. The van der Waals surface area contributed by atoms with Gasteiger partial charge >= 0.3 is 6.36 Å². The van der Waals surface area contributed by atoms with E-state index in [0.29, 0.717) is 26.1 Å². The number of aliphatic hydroxyl groups is 1. The van der Waals surface area contributed by atoms with Crippen molar-refractivity contribution in [1.82, 2.24) is 9.80 Å². The van der Waals surface area contributed by atoms with E-state index in [9.17, 15) is 18.3 Å². The molecule has 0 bridgehead atoms. The van der Waals surface area contributed by atoms with E-state index in [-0.39, 0.29) is 5.75 Å². The van der Waals surface area contributed by atoms with Gasteiger partial charge in [0.1, 0.15) is 5.75 Å². The number of hydrogen-bond donors (Lipinski definition) is 1. The minimum absolute atomic E-state index is 0.167. The highest BCUT2D eigenvalue weighted by Gasteiger charge is 2.31. The van der Waals surface area contributed by atoms with E-state index in [0.717, 1.165) is 43.6 Å². The lowest BCUT2D eigenvalue weighted by atomic mass is 10.00. The summed E-state index contributed by atoms with van der Waals surface area (Å²) in [5.41, 5.74) is 4.61. The molecular formula is C23H27F3N2O2. The Labute approximate surface area is 174 Å². The van der Waals surface area contributed by atoms with Crippen LogP contribution in [0.1, 0.15) is 28.7 Å². The summed E-state index contributed by atoms with van der Waals surface area (Å²) >= 11 is 0. The fourth-order valence-electron chi connectivity index (χ4n) is 4.52. The molecule has 0 amide bonds. The predicted octanol–water partition coefficient (Wildman–Crippen LogP) is 3.75. The van der Waals surface area contributed by atoms with Gasteiger partial charge in [-0.15, -0.1) is 13.2 Å². The fourth-order valence-corrected chi connectivity index (χ4v) is 4.52. The molecule has 0 saturated carbocycles. The Morgan fingerprint density at radius 2 is 1.53 bits per heavy atom. The number of benzene rings is 2. The number of aliphatic hydroxyl groups excluding tert-OH is 1. The molecule has 30 heavy (non-hydrogen) atoms. The molecule has 2 aromatic carbocycles. The lowest BCUT2D eigenvalue weighted by molar-refractivity contribution is -0.274. The molecule has 0 aromatic heterocycles. The van der Waals surface area contributed by atoms with E-state index < -0.39 is 12.5 Å². The van der Waals surface area contributed by atoms with Crippen molar-refractivity contribution in [2.75, 3.05) is 26.2 Å². The zero-order valence-electron chi connectivity index (χ0n) is 16.9. The first-order chi connectivity index (χ1) is 14.4. The average Bonchev–Trinajstić information content (AvgIpc) is 2.88. The highest BCUT2D eigenvalue weighted by Crippen LogP contribution is 2.28. The van der Waals surface area contributed by atoms with Crippen LogP contribution in [0.5, 0.6) is 5.75 Å². The minimum atomic E-state index is -4.68. The van der Waals surface area contributed by atoms with Crippen LogP contribution < -0.4 is 4.74 Å². The Hall–Kier alpha value is -2.09. The van der Waals surface area contributed by atoms with Gasteiger partial charge in [0.05, 0.1) is 6.10 Å². The van der Waals surface area contributed by atoms with Crippen LogP contribution in [-0.2, 0) is 25.9 Å². The molecule has 1 N–H and O–H groups in total. The maximum Gasteiger partial charge on any atom is 0.573 e. The van der Waals surface area contributed by atoms with Crippen molar-refractivity contribution < 1.29 is 23.0 Å². The number of alkyl halides is 3. The smallest absolute Gasteiger partial charge is 0.406 e. The van der Waals surface area contributed by atoms with Crippen molar-refractivity contribution in [3.63, 3.8) is 0 Å². The average molecular weight is 420 g/mol. The van der Waals surface area contributed by atoms with Crippen molar-refractivity contribution in [2.45, 2.75) is 44.8 Å². The Morgan fingerprint density at radius 3 is 2.27 bits per heavy atom. The predicted molar refractivity (Wildman–Crippen MR) is 108 cm³/mol. The lowest BCUT2D eigenvalue weighted by Crippen LogP contribution is -2.42. The van der Waals surface area contributed by atoms with Gasteiger partial charge in [-0.05, 0) is 60.2 Å². The van der Waals surface area contributed by atoms with Gasteiger partial charge < -0.3 is 9.84 Å². The Bertz CT molecular complexity index is 872. The zero-order valence-corrected chi connectivity index (χ0v) is 16.9. The van der Waals surface area contributed by atoms with E-state index in [2.05, 4.69) is 38.8 Å². The highest BCUT2D eigenvalue weighted by atomic mass is 19.4. The second-order valence-electron chi connectivity index (χ2n) is 8.22. The molecule has 1 atom stereocenters. The van der Waals surface area contributed by atoms with Crippen LogP contribution in [0.15, 0.2) is 42.5 Å². The van der Waals surface area contributed by atoms with Gasteiger partial charge in [0.2, 0.25) is 0 Å². The quantitative estimate of drug-likeness (QED) is 0.799. The van der Waals surface area contributed by atoms with Gasteiger partial charge in [-0.2, -0.15) is 0 Å². The normalized spacial score (nSPS) is 18.9. The highest BCUT2D eigenvalue weighted by molar-refractivity contribution is 5.36. The van der Waals surface area contributed by atoms with E-state index in [1.165, 1.54) is 23.3 Å². The molecule has 2 aliphatic heterocycles. The van der Waals surface area contributed by atoms with E-state index in [1.807, 2.05) is 0 Å². The largest absolute Gasteiger partial charge is 0.573 e. The second kappa shape index (κ2) is 8.96. The summed E-state index contributed by atoms with van der Waals surface area (Å²) in [4.78, 5) is 4.48. The molecule has 2 aromatic rings. The monoisotopic (exact) mass is 420 g/mol. The Kier molecular flexibility index (Phi) is 6.32. The molecule has 2 aliphatic rings. The maximum absolute atomic E-state index is 12.5. The molecule has 0 saturated heterocycles. The number of rotatable bonds is 5. The molecule has 4 nitrogen and oxygen atoms in total. The summed E-state index contributed by atoms with van der Waals surface area (Å²) < 4.78 is 41.5. The fraction of sp³-hybridized carbons (Fsp3) is 0.478. The number of β-amino-alcohol motifs (C(OH)–C–C–N with tert-alkyl or cyclic N) is 1. The summed E-state index contributed by atoms with van der Waals surface area (Å²) in [6.45, 7) is 4.41. The van der Waals surface area contributed by atoms with Gasteiger partial charge in [-0.3, -0.25) is 9.80 Å². The first-order valence-electron chi connectivity index (χ1n) is 10.4. The second-order valence-corrected chi connectivity index (χ2v) is 8.22. The van der Waals surface area contributed by atoms with Gasteiger partial charge in [0.15, 0.2) is 0 Å². The van der Waals surface area contributed by atoms with E-state index >= 15 is 0 Å². The van der Waals surface area contributed by atoms with Crippen LogP contribution in [0.4, 0.5) is 13.2 Å². The molecule has 162 valence electrons. The van der Waals surface area contributed by atoms with Crippen LogP contribution in [0.2, 0.25) is 0 Å². The van der Waals surface area contributed by atoms with Gasteiger partial charge in [0.25, 0.3) is 0 Å². The first-order valence-corrected chi connectivity index (χ1v) is 10.4. The van der Waals surface area contributed by atoms with Crippen LogP contribution >= 0.6 is 0 Å². The third kappa shape index (κ3) is 5.53. The molecule has 0 aliphatic carbocycles. The maximum atomic E-state index is 12.5. The third-order valence-corrected chi connectivity index (χ3v) is 5.87. The third-order valence-electron chi connectivity index (χ3n) is 5.87. The summed E-state index contributed by atoms with van der Waals surface area (Å²) in [5, 5.41) is 10.7. The summed E-state index contributed by atoms with van der Waals surface area (Å²) in [6.07, 6.45) is -2.59. The van der Waals surface area contributed by atoms with Crippen LogP contribution in [0.3, 0.4) is 0 Å². The van der Waals surface area contributed by atoms with Crippen molar-refractivity contribution in [2.24, 2.45) is 0 Å². The number of ether oxygens (including phenoxy) is 1. The molecule has 0 spiro atoms. The number of hydrogen-bond acceptors (Lipinski definition) is 4. The molecular weight excluding hydrogens is 393 g/mol. The molecule has 7 heteroatoms. The van der Waals surface area contributed by atoms with Crippen LogP contribution in [0.25, 0.3) is 0 Å². The van der Waals surface area contributed by atoms with E-state index in [4.69, 9.17) is 0 Å². The number of fused-ring (bicyclic) bond motifs is 2. The summed E-state index contributed by atoms with van der Waals surface area (Å²) in [7, 11) is 0. The zero-order chi connectivity index (χ0) is 21.1. The van der Waals surface area contributed by atoms with Crippen molar-refractivity contribution in [1.29, 1.82) is 0 Å². The van der Waals surface area contributed by atoms with Crippen LogP contribution in [-0.4, -0.2) is 53.6 Å². The van der Waals surface area contributed by atoms with Gasteiger partial charge in [-0.25, -0.2) is 0 Å². The van der Waals surface area contributed by atoms with Crippen LogP contribution in [0, 0.1) is 0 Å². The van der Waals surface area contributed by atoms with Crippen molar-refractivity contribution in [3.8, 4) is 5.75 Å². The Balaban J connectivity index is 1.33. The first kappa shape index (κ1) is 21.2. The number of nitrogens with zero attached hydrogens (tertiary/aromatic N) is 2. The SMILES string of the molecule is O[C@H](CN1CCCc2cc(OC(F)(F)F)ccc2C1)CN1CCc2ccccc2C1. The number of aryl methyl sites for hydroxylation is 1. The molecule has 2 heterocycles. The molecule has 0 unspecified atom stereocenters. The standard InChI is InChI=1S/C23H27F3N2O2/c24-23(25,26)30-22-8-7-20-14-27(10-3-6-18(20)12-22)15-21(29)16-28-11-9-17-4-1-2-5-19(17)13-28/h1-2,4-5,7-8,12,21,29H,3,6,9-11,13-16H2/t21-/m1/s1. The Morgan fingerprint density at radius 1 is 0.867 bits per heavy atom. The van der Waals surface area contributed by atoms with E-state index in [1.54, 1.807) is 6.07 Å². The van der Waals surface area contributed by atoms with Crippen molar-refractivity contribution >= 4 is 0 Å². The molecule has 0 radical (unpaired) electrons. The summed E-state index contributed by atoms with van der Waals surface area (Å²) in [6, 6.07) is 13.0.